The Morgan fingerprint density at radius 2 is 2.03 bits per heavy atom. The van der Waals surface area contributed by atoms with E-state index in [1.165, 1.54) is 25.7 Å². The number of fused-ring (bicyclic) bond motifs is 3. The fraction of sp³-hybridized carbons (Fsp3) is 0.476. The molecule has 4 N–H and O–H groups in total. The Morgan fingerprint density at radius 3 is 2.90 bits per heavy atom. The van der Waals surface area contributed by atoms with Gasteiger partial charge in [0.15, 0.2) is 5.82 Å². The van der Waals surface area contributed by atoms with Crippen LogP contribution in [-0.4, -0.2) is 39.6 Å². The van der Waals surface area contributed by atoms with Crippen molar-refractivity contribution >= 4 is 23.4 Å². The average Bonchev–Trinajstić information content (AvgIpc) is 3.48. The maximum Gasteiger partial charge on any atom is 0.324 e. The van der Waals surface area contributed by atoms with Crippen LogP contribution in [-0.2, 0) is 6.54 Å². The molecule has 2 aliphatic heterocycles. The van der Waals surface area contributed by atoms with Crippen LogP contribution in [0.5, 0.6) is 0 Å². The van der Waals surface area contributed by atoms with Crippen LogP contribution in [0.1, 0.15) is 66.2 Å². The number of aromatic amines is 1. The van der Waals surface area contributed by atoms with Crippen LogP contribution in [0, 0.1) is 0 Å². The van der Waals surface area contributed by atoms with Crippen molar-refractivity contribution in [2.24, 2.45) is 0 Å². The molecule has 0 radical (unpaired) electrons. The van der Waals surface area contributed by atoms with Gasteiger partial charge in [0, 0.05) is 42.0 Å². The van der Waals surface area contributed by atoms with Crippen LogP contribution in [0.25, 0.3) is 0 Å². The predicted octanol–water partition coefficient (Wildman–Crippen LogP) is 3.38. The molecule has 1 aromatic carbocycles. The number of hydrogen-bond donors (Lipinski definition) is 4. The third-order valence-corrected chi connectivity index (χ3v) is 6.24. The van der Waals surface area contributed by atoms with E-state index in [4.69, 9.17) is 0 Å². The van der Waals surface area contributed by atoms with Crippen LogP contribution >= 0.6 is 0 Å². The summed E-state index contributed by atoms with van der Waals surface area (Å²) in [6.45, 7) is 1.50. The average molecular weight is 394 g/mol. The maximum absolute atomic E-state index is 12.5. The van der Waals surface area contributed by atoms with Crippen molar-refractivity contribution in [3.05, 3.63) is 41.1 Å². The van der Waals surface area contributed by atoms with Crippen LogP contribution in [0.15, 0.2) is 24.3 Å². The van der Waals surface area contributed by atoms with E-state index in [0.717, 1.165) is 30.6 Å². The first-order valence-corrected chi connectivity index (χ1v) is 10.5. The summed E-state index contributed by atoms with van der Waals surface area (Å²) in [6.07, 6.45) is 6.98. The van der Waals surface area contributed by atoms with Gasteiger partial charge >= 0.3 is 6.03 Å². The van der Waals surface area contributed by atoms with Gasteiger partial charge in [0.2, 0.25) is 0 Å². The van der Waals surface area contributed by atoms with Gasteiger partial charge in [0.25, 0.3) is 5.91 Å². The molecule has 3 aliphatic rings. The number of nitrogens with zero attached hydrogens (tertiary/aromatic N) is 2. The van der Waals surface area contributed by atoms with Crippen LogP contribution in [0.4, 0.5) is 16.3 Å². The molecule has 8 heteroatoms. The fourth-order valence-corrected chi connectivity index (χ4v) is 4.85. The van der Waals surface area contributed by atoms with Gasteiger partial charge in [0.1, 0.15) is 0 Å². The minimum absolute atomic E-state index is 0.0678. The van der Waals surface area contributed by atoms with Gasteiger partial charge < -0.3 is 15.5 Å². The highest BCUT2D eigenvalue weighted by molar-refractivity contribution is 6.05. The number of benzene rings is 1. The highest BCUT2D eigenvalue weighted by Gasteiger charge is 2.41. The van der Waals surface area contributed by atoms with Crippen molar-refractivity contribution in [1.82, 2.24) is 20.4 Å². The summed E-state index contributed by atoms with van der Waals surface area (Å²) in [4.78, 5) is 27.0. The Labute approximate surface area is 169 Å². The highest BCUT2D eigenvalue weighted by Crippen LogP contribution is 2.44. The van der Waals surface area contributed by atoms with Gasteiger partial charge in [-0.2, -0.15) is 5.10 Å². The third-order valence-electron chi connectivity index (χ3n) is 6.24. The second-order valence-corrected chi connectivity index (χ2v) is 8.14. The number of carbonyl (C=O) groups excluding carboxylic acids is 2. The van der Waals surface area contributed by atoms with Crippen LogP contribution in [0.2, 0.25) is 0 Å². The number of anilines is 2. The summed E-state index contributed by atoms with van der Waals surface area (Å²) in [5, 5.41) is 16.4. The number of urea groups is 1. The van der Waals surface area contributed by atoms with E-state index in [9.17, 15) is 9.59 Å². The Balaban J connectivity index is 1.23. The normalized spacial score (nSPS) is 20.8. The Kier molecular flexibility index (Phi) is 4.71. The number of hydrogen-bond acceptors (Lipinski definition) is 4. The van der Waals surface area contributed by atoms with Crippen molar-refractivity contribution in [3.63, 3.8) is 0 Å². The van der Waals surface area contributed by atoms with Gasteiger partial charge in [0.05, 0.1) is 11.7 Å². The molecule has 2 aromatic rings. The van der Waals surface area contributed by atoms with Gasteiger partial charge in [-0.15, -0.1) is 0 Å². The maximum atomic E-state index is 12.5. The monoisotopic (exact) mass is 394 g/mol. The fourth-order valence-electron chi connectivity index (χ4n) is 4.85. The number of H-pyrrole nitrogens is 1. The quantitative estimate of drug-likeness (QED) is 0.624. The zero-order valence-corrected chi connectivity index (χ0v) is 16.3. The van der Waals surface area contributed by atoms with Crippen molar-refractivity contribution in [1.29, 1.82) is 0 Å². The highest BCUT2D eigenvalue weighted by atomic mass is 16.2. The van der Waals surface area contributed by atoms with Crippen molar-refractivity contribution in [2.45, 2.75) is 57.2 Å². The SMILES string of the molecule is O=C(Nc1cc(CNC2CCCC2)[nH]n1)Nc1cccc2c1C1CCCN1C2=O. The van der Waals surface area contributed by atoms with Crippen molar-refractivity contribution in [2.75, 3.05) is 17.2 Å². The summed E-state index contributed by atoms with van der Waals surface area (Å²) in [7, 11) is 0. The molecule has 2 fully saturated rings. The molecule has 1 aliphatic carbocycles. The molecule has 1 atom stereocenters. The molecule has 1 saturated carbocycles. The first-order valence-electron chi connectivity index (χ1n) is 10.5. The lowest BCUT2D eigenvalue weighted by molar-refractivity contribution is 0.0776. The topological polar surface area (TPSA) is 102 Å². The van der Waals surface area contributed by atoms with Crippen LogP contribution < -0.4 is 16.0 Å². The second kappa shape index (κ2) is 7.51. The molecule has 0 bridgehead atoms. The number of aromatic nitrogens is 2. The van der Waals surface area contributed by atoms with Gasteiger partial charge in [-0.3, -0.25) is 15.2 Å². The van der Waals surface area contributed by atoms with Crippen LogP contribution in [0.3, 0.4) is 0 Å². The number of rotatable bonds is 5. The molecule has 1 saturated heterocycles. The van der Waals surface area contributed by atoms with E-state index in [2.05, 4.69) is 26.1 Å². The molecule has 0 spiro atoms. The molecule has 5 rings (SSSR count). The number of amides is 3. The largest absolute Gasteiger partial charge is 0.331 e. The molecule has 1 unspecified atom stereocenters. The molecule has 8 nitrogen and oxygen atoms in total. The standard InChI is InChI=1S/C21H26N6O2/c28-20-15-7-3-8-16(19(15)17-9-4-10-27(17)20)23-21(29)24-18-11-14(25-26-18)12-22-13-5-1-2-6-13/h3,7-8,11,13,17,22H,1-2,4-6,9-10,12H2,(H3,23,24,25,26,29). The lowest BCUT2D eigenvalue weighted by Crippen LogP contribution is -2.25. The van der Waals surface area contributed by atoms with E-state index in [0.29, 0.717) is 29.7 Å². The van der Waals surface area contributed by atoms with Gasteiger partial charge in [-0.25, -0.2) is 4.79 Å². The predicted molar refractivity (Wildman–Crippen MR) is 110 cm³/mol. The zero-order chi connectivity index (χ0) is 19.8. The first-order chi connectivity index (χ1) is 14.2. The molecule has 3 amide bonds. The minimum Gasteiger partial charge on any atom is -0.331 e. The minimum atomic E-state index is -0.357. The molecule has 29 heavy (non-hydrogen) atoms. The lowest BCUT2D eigenvalue weighted by atomic mass is 10.0. The summed E-state index contributed by atoms with van der Waals surface area (Å²) in [5.74, 6) is 0.551. The Hall–Kier alpha value is -2.87. The summed E-state index contributed by atoms with van der Waals surface area (Å²) in [5.41, 5.74) is 3.28. The number of carbonyl (C=O) groups is 2. The molecule has 152 valence electrons. The van der Waals surface area contributed by atoms with E-state index >= 15 is 0 Å². The van der Waals surface area contributed by atoms with E-state index in [1.54, 1.807) is 0 Å². The van der Waals surface area contributed by atoms with Crippen molar-refractivity contribution < 1.29 is 9.59 Å². The Morgan fingerprint density at radius 1 is 1.17 bits per heavy atom. The number of nitrogens with one attached hydrogen (secondary N) is 4. The summed E-state index contributed by atoms with van der Waals surface area (Å²) in [6, 6.07) is 7.66. The van der Waals surface area contributed by atoms with E-state index in [-0.39, 0.29) is 18.0 Å². The molecule has 3 heterocycles. The lowest BCUT2D eigenvalue weighted by Gasteiger charge is -2.17. The molecular weight excluding hydrogens is 368 g/mol. The third kappa shape index (κ3) is 3.48. The second-order valence-electron chi connectivity index (χ2n) is 8.14. The van der Waals surface area contributed by atoms with E-state index < -0.39 is 0 Å². The molecule has 1 aromatic heterocycles. The van der Waals surface area contributed by atoms with Gasteiger partial charge in [-0.1, -0.05) is 18.9 Å². The summed E-state index contributed by atoms with van der Waals surface area (Å²) < 4.78 is 0. The molecular formula is C21H26N6O2. The summed E-state index contributed by atoms with van der Waals surface area (Å²) >= 11 is 0. The van der Waals surface area contributed by atoms with E-state index in [1.807, 2.05) is 29.2 Å². The zero-order valence-electron chi connectivity index (χ0n) is 16.3. The Bertz CT molecular complexity index is 933. The smallest absolute Gasteiger partial charge is 0.324 e. The van der Waals surface area contributed by atoms with Crippen molar-refractivity contribution in [3.8, 4) is 0 Å². The van der Waals surface area contributed by atoms with Gasteiger partial charge in [-0.05, 0) is 37.8 Å². The first kappa shape index (κ1) is 18.2.